The zero-order valence-electron chi connectivity index (χ0n) is 7.19. The molecular weight excluding hydrogens is 332 g/mol. The highest BCUT2D eigenvalue weighted by Crippen LogP contribution is 2.36. The van der Waals surface area contributed by atoms with Gasteiger partial charge in [-0.3, -0.25) is 0 Å². The van der Waals surface area contributed by atoms with Crippen LogP contribution in [0, 0.1) is 0 Å². The smallest absolute Gasteiger partial charge is 0.401 e. The first kappa shape index (κ1) is 12.8. The zero-order chi connectivity index (χ0) is 11.6. The van der Waals surface area contributed by atoms with Crippen LogP contribution in [0.4, 0.5) is 0 Å². The van der Waals surface area contributed by atoms with Crippen LogP contribution < -0.4 is 4.18 Å². The molecule has 0 fully saturated rings. The van der Waals surface area contributed by atoms with Crippen molar-refractivity contribution in [2.75, 3.05) is 7.11 Å². The van der Waals surface area contributed by atoms with Gasteiger partial charge in [0, 0.05) is 5.38 Å². The molecule has 0 aliphatic rings. The molecule has 0 unspecified atom stereocenters. The van der Waals surface area contributed by atoms with Gasteiger partial charge in [-0.1, -0.05) is 0 Å². The van der Waals surface area contributed by atoms with Gasteiger partial charge < -0.3 is 8.92 Å². The molecule has 5 nitrogen and oxygen atoms in total. The van der Waals surface area contributed by atoms with Crippen LogP contribution in [0.3, 0.4) is 0 Å². The summed E-state index contributed by atoms with van der Waals surface area (Å²) in [5, 5.41) is 1.49. The van der Waals surface area contributed by atoms with Crippen LogP contribution in [0.5, 0.6) is 5.75 Å². The molecule has 0 bridgehead atoms. The lowest BCUT2D eigenvalue weighted by atomic mass is 10.4. The first-order chi connectivity index (χ1) is 6.85. The van der Waals surface area contributed by atoms with Crippen LogP contribution >= 0.6 is 37.9 Å². The Morgan fingerprint density at radius 1 is 1.60 bits per heavy atom. The molecule has 0 radical (unpaired) electrons. The number of esters is 1. The lowest BCUT2D eigenvalue weighted by Crippen LogP contribution is -2.05. The topological polar surface area (TPSA) is 69.7 Å². The van der Waals surface area contributed by atoms with Crippen molar-refractivity contribution in [3.8, 4) is 5.75 Å². The third-order valence-corrected chi connectivity index (χ3v) is 3.65. The Morgan fingerprint density at radius 2 is 2.20 bits per heavy atom. The molecule has 0 aliphatic heterocycles. The monoisotopic (exact) mass is 334 g/mol. The second-order valence-electron chi connectivity index (χ2n) is 2.21. The molecule has 1 rings (SSSR count). The van der Waals surface area contributed by atoms with E-state index >= 15 is 0 Å². The minimum absolute atomic E-state index is 0.0219. The summed E-state index contributed by atoms with van der Waals surface area (Å²) >= 11 is 4.00. The third kappa shape index (κ3) is 3.33. The van der Waals surface area contributed by atoms with E-state index in [1.807, 2.05) is 0 Å². The number of methoxy groups -OCH3 is 1. The predicted octanol–water partition coefficient (Wildman–Crippen LogP) is 2.16. The molecule has 15 heavy (non-hydrogen) atoms. The quantitative estimate of drug-likeness (QED) is 0.625. The highest BCUT2D eigenvalue weighted by Gasteiger charge is 2.23. The molecule has 1 heterocycles. The summed E-state index contributed by atoms with van der Waals surface area (Å²) in [7, 11) is 1.88. The highest BCUT2D eigenvalue weighted by molar-refractivity contribution is 9.10. The number of ether oxygens (including phenoxy) is 1. The van der Waals surface area contributed by atoms with Gasteiger partial charge in [0.1, 0.15) is 0 Å². The van der Waals surface area contributed by atoms with Crippen molar-refractivity contribution in [1.82, 2.24) is 0 Å². The van der Waals surface area contributed by atoms with E-state index in [-0.39, 0.29) is 10.6 Å². The summed E-state index contributed by atoms with van der Waals surface area (Å²) in [4.78, 5) is 11.2. The Hall–Kier alpha value is -0.310. The first-order valence-electron chi connectivity index (χ1n) is 3.34. The van der Waals surface area contributed by atoms with Crippen LogP contribution in [0.2, 0.25) is 0 Å². The Bertz CT molecular complexity index is 480. The van der Waals surface area contributed by atoms with Crippen molar-refractivity contribution in [3.63, 3.8) is 0 Å². The average molecular weight is 336 g/mol. The SMILES string of the molecule is COC(=O)c1scc(Br)c1OS(=O)(=O)Cl. The van der Waals surface area contributed by atoms with E-state index in [0.29, 0.717) is 4.47 Å². The largest absolute Gasteiger partial charge is 0.465 e. The summed E-state index contributed by atoms with van der Waals surface area (Å²) < 4.78 is 30.6. The number of carbonyl (C=O) groups excluding carboxylic acids is 1. The minimum atomic E-state index is -4.19. The van der Waals surface area contributed by atoms with Crippen molar-refractivity contribution < 1.29 is 22.1 Å². The van der Waals surface area contributed by atoms with E-state index < -0.39 is 15.3 Å². The van der Waals surface area contributed by atoms with Gasteiger partial charge in [0.05, 0.1) is 22.3 Å². The molecular formula is C6H4BrClO5S2. The molecule has 84 valence electrons. The number of carbonyl (C=O) groups is 1. The van der Waals surface area contributed by atoms with Crippen LogP contribution in [-0.4, -0.2) is 21.5 Å². The highest BCUT2D eigenvalue weighted by atomic mass is 79.9. The van der Waals surface area contributed by atoms with Crippen LogP contribution in [0.15, 0.2) is 9.85 Å². The molecule has 0 aliphatic carbocycles. The van der Waals surface area contributed by atoms with Gasteiger partial charge >= 0.3 is 15.3 Å². The molecule has 0 saturated carbocycles. The van der Waals surface area contributed by atoms with Crippen LogP contribution in [-0.2, 0) is 14.1 Å². The summed E-state index contributed by atoms with van der Waals surface area (Å²) in [6.45, 7) is 0. The lowest BCUT2D eigenvalue weighted by Gasteiger charge is -2.02. The van der Waals surface area contributed by atoms with Crippen molar-refractivity contribution in [1.29, 1.82) is 0 Å². The second-order valence-corrected chi connectivity index (χ2v) is 6.03. The van der Waals surface area contributed by atoms with E-state index in [4.69, 9.17) is 10.7 Å². The van der Waals surface area contributed by atoms with Gasteiger partial charge in [0.25, 0.3) is 0 Å². The van der Waals surface area contributed by atoms with Gasteiger partial charge in [-0.25, -0.2) is 4.79 Å². The molecule has 0 atom stereocenters. The lowest BCUT2D eigenvalue weighted by molar-refractivity contribution is 0.0604. The molecule has 0 saturated heterocycles. The average Bonchev–Trinajstić information content (AvgIpc) is 2.45. The first-order valence-corrected chi connectivity index (χ1v) is 7.25. The van der Waals surface area contributed by atoms with Crippen LogP contribution in [0.1, 0.15) is 9.67 Å². The van der Waals surface area contributed by atoms with Crippen molar-refractivity contribution in [2.24, 2.45) is 0 Å². The molecule has 1 aromatic heterocycles. The third-order valence-electron chi connectivity index (χ3n) is 1.26. The van der Waals surface area contributed by atoms with E-state index in [1.54, 1.807) is 0 Å². The fourth-order valence-corrected chi connectivity index (χ4v) is 2.92. The maximum atomic E-state index is 11.2. The minimum Gasteiger partial charge on any atom is -0.465 e. The van der Waals surface area contributed by atoms with Crippen LogP contribution in [0.25, 0.3) is 0 Å². The van der Waals surface area contributed by atoms with Gasteiger partial charge in [0.2, 0.25) is 0 Å². The van der Waals surface area contributed by atoms with Gasteiger partial charge in [0.15, 0.2) is 10.6 Å². The maximum absolute atomic E-state index is 11.2. The maximum Gasteiger partial charge on any atom is 0.401 e. The van der Waals surface area contributed by atoms with Gasteiger partial charge in [-0.2, -0.15) is 8.42 Å². The van der Waals surface area contributed by atoms with E-state index in [0.717, 1.165) is 11.3 Å². The van der Waals surface area contributed by atoms with E-state index in [1.165, 1.54) is 12.5 Å². The Balaban J connectivity index is 3.16. The zero-order valence-corrected chi connectivity index (χ0v) is 11.2. The Morgan fingerprint density at radius 3 is 2.67 bits per heavy atom. The normalized spacial score (nSPS) is 11.1. The summed E-state index contributed by atoms with van der Waals surface area (Å²) in [5.74, 6) is -0.858. The van der Waals surface area contributed by atoms with Crippen molar-refractivity contribution in [2.45, 2.75) is 0 Å². The van der Waals surface area contributed by atoms with Crippen molar-refractivity contribution in [3.05, 3.63) is 14.7 Å². The molecule has 9 heteroatoms. The number of rotatable bonds is 3. The number of hydrogen-bond donors (Lipinski definition) is 0. The molecule has 1 aromatic rings. The molecule has 0 aromatic carbocycles. The Kier molecular flexibility index (Phi) is 3.99. The predicted molar refractivity (Wildman–Crippen MR) is 58.8 cm³/mol. The number of halogens is 2. The fourth-order valence-electron chi connectivity index (χ4n) is 0.737. The number of thiophene rings is 1. The summed E-state index contributed by atoms with van der Waals surface area (Å²) in [6, 6.07) is 0. The molecule has 0 N–H and O–H groups in total. The van der Waals surface area contributed by atoms with Crippen molar-refractivity contribution >= 4 is 53.3 Å². The summed E-state index contributed by atoms with van der Waals surface area (Å²) in [5.41, 5.74) is 0. The fraction of sp³-hybridized carbons (Fsp3) is 0.167. The van der Waals surface area contributed by atoms with Gasteiger partial charge in [-0.15, -0.1) is 11.3 Å². The van der Waals surface area contributed by atoms with E-state index in [2.05, 4.69) is 24.8 Å². The standard InChI is InChI=1S/C6H4BrClO5S2/c1-12-6(9)5-4(3(7)2-14-5)13-15(8,10)11/h2H,1H3. The Labute approximate surface area is 103 Å². The molecule has 0 spiro atoms. The van der Waals surface area contributed by atoms with E-state index in [9.17, 15) is 13.2 Å². The second kappa shape index (κ2) is 4.69. The number of hydrogen-bond acceptors (Lipinski definition) is 6. The summed E-state index contributed by atoms with van der Waals surface area (Å²) in [6.07, 6.45) is 0. The van der Waals surface area contributed by atoms with Gasteiger partial charge in [-0.05, 0) is 15.9 Å². The molecule has 0 amide bonds.